The number of methoxy groups -OCH3 is 1. The molecule has 138 valence electrons. The molecule has 1 aromatic heterocycles. The van der Waals surface area contributed by atoms with E-state index in [0.29, 0.717) is 12.3 Å². The molecule has 1 N–H and O–H groups in total. The predicted molar refractivity (Wildman–Crippen MR) is 105 cm³/mol. The van der Waals surface area contributed by atoms with Gasteiger partial charge in [0.05, 0.1) is 18.7 Å². The van der Waals surface area contributed by atoms with Crippen molar-refractivity contribution in [2.24, 2.45) is 13.0 Å². The van der Waals surface area contributed by atoms with E-state index >= 15 is 0 Å². The van der Waals surface area contributed by atoms with Crippen molar-refractivity contribution in [3.8, 4) is 5.75 Å². The van der Waals surface area contributed by atoms with Gasteiger partial charge in [-0.2, -0.15) is 0 Å². The van der Waals surface area contributed by atoms with Crippen LogP contribution < -0.4 is 15.0 Å². The molecule has 2 aromatic carbocycles. The number of benzene rings is 2. The highest BCUT2D eigenvalue weighted by molar-refractivity contribution is 6.06. The third kappa shape index (κ3) is 3.14. The number of nitrogens with zero attached hydrogens (tertiary/aromatic N) is 2. The number of hydrogen-bond acceptors (Lipinski definition) is 3. The van der Waals surface area contributed by atoms with E-state index < -0.39 is 0 Å². The maximum atomic E-state index is 12.8. The SMILES string of the molecule is COc1cccc(N2CC(C(=O)Nc3cccc4c3ccn4C)CC2=O)c1. The molecule has 0 bridgehead atoms. The van der Waals surface area contributed by atoms with E-state index in [9.17, 15) is 9.59 Å². The van der Waals surface area contributed by atoms with Crippen LogP contribution in [0, 0.1) is 5.92 Å². The van der Waals surface area contributed by atoms with Crippen molar-refractivity contribution < 1.29 is 14.3 Å². The topological polar surface area (TPSA) is 63.6 Å². The van der Waals surface area contributed by atoms with E-state index in [1.54, 1.807) is 12.0 Å². The third-order valence-corrected chi connectivity index (χ3v) is 5.05. The number of anilines is 2. The number of amides is 2. The normalized spacial score (nSPS) is 16.7. The summed E-state index contributed by atoms with van der Waals surface area (Å²) in [6.45, 7) is 0.364. The van der Waals surface area contributed by atoms with Crippen LogP contribution in [-0.2, 0) is 16.6 Å². The van der Waals surface area contributed by atoms with Gasteiger partial charge in [0.15, 0.2) is 0 Å². The highest BCUT2D eigenvalue weighted by Gasteiger charge is 2.35. The fourth-order valence-electron chi connectivity index (χ4n) is 3.56. The number of ether oxygens (including phenoxy) is 1. The molecule has 2 amide bonds. The van der Waals surface area contributed by atoms with Crippen molar-refractivity contribution in [1.82, 2.24) is 4.57 Å². The molecule has 0 aliphatic carbocycles. The van der Waals surface area contributed by atoms with Crippen molar-refractivity contribution in [1.29, 1.82) is 0 Å². The van der Waals surface area contributed by atoms with E-state index in [0.717, 1.165) is 22.3 Å². The lowest BCUT2D eigenvalue weighted by molar-refractivity contribution is -0.122. The molecule has 27 heavy (non-hydrogen) atoms. The molecule has 6 heteroatoms. The summed E-state index contributed by atoms with van der Waals surface area (Å²) in [4.78, 5) is 26.9. The molecule has 2 heterocycles. The zero-order valence-electron chi connectivity index (χ0n) is 15.3. The van der Waals surface area contributed by atoms with Gasteiger partial charge in [-0.1, -0.05) is 12.1 Å². The molecular formula is C21H21N3O3. The molecule has 1 aliphatic heterocycles. The molecule has 3 aromatic rings. The number of nitrogens with one attached hydrogen (secondary N) is 1. The minimum Gasteiger partial charge on any atom is -0.497 e. The van der Waals surface area contributed by atoms with Gasteiger partial charge in [0.1, 0.15) is 5.75 Å². The maximum absolute atomic E-state index is 12.8. The summed E-state index contributed by atoms with van der Waals surface area (Å²) in [5.74, 6) is 0.109. The van der Waals surface area contributed by atoms with Gasteiger partial charge in [-0.15, -0.1) is 0 Å². The summed E-state index contributed by atoms with van der Waals surface area (Å²) < 4.78 is 7.24. The highest BCUT2D eigenvalue weighted by Crippen LogP contribution is 2.30. The standard InChI is InChI=1S/C21H21N3O3/c1-23-10-9-17-18(7-4-8-19(17)23)22-21(26)14-11-20(25)24(13-14)15-5-3-6-16(12-15)27-2/h3-10,12,14H,11,13H2,1-2H3,(H,22,26). The van der Waals surface area contributed by atoms with Crippen molar-refractivity contribution in [3.63, 3.8) is 0 Å². The second-order valence-corrected chi connectivity index (χ2v) is 6.76. The summed E-state index contributed by atoms with van der Waals surface area (Å²) in [5, 5.41) is 3.99. The van der Waals surface area contributed by atoms with E-state index in [1.165, 1.54) is 0 Å². The first-order valence-corrected chi connectivity index (χ1v) is 8.86. The fraction of sp³-hybridized carbons (Fsp3) is 0.238. The zero-order valence-corrected chi connectivity index (χ0v) is 15.3. The average Bonchev–Trinajstić information content (AvgIpc) is 3.26. The summed E-state index contributed by atoms with van der Waals surface area (Å²) in [5.41, 5.74) is 2.57. The Morgan fingerprint density at radius 3 is 2.81 bits per heavy atom. The van der Waals surface area contributed by atoms with Crippen LogP contribution in [0.2, 0.25) is 0 Å². The second kappa shape index (κ2) is 6.79. The van der Waals surface area contributed by atoms with Crippen LogP contribution in [0.1, 0.15) is 6.42 Å². The number of hydrogen-bond donors (Lipinski definition) is 1. The Morgan fingerprint density at radius 2 is 2.00 bits per heavy atom. The number of rotatable bonds is 4. The summed E-state index contributed by atoms with van der Waals surface area (Å²) in [6, 6.07) is 15.1. The lowest BCUT2D eigenvalue weighted by Crippen LogP contribution is -2.28. The van der Waals surface area contributed by atoms with Crippen molar-refractivity contribution >= 4 is 34.1 Å². The van der Waals surface area contributed by atoms with E-state index in [1.807, 2.05) is 66.3 Å². The monoisotopic (exact) mass is 363 g/mol. The third-order valence-electron chi connectivity index (χ3n) is 5.05. The summed E-state index contributed by atoms with van der Waals surface area (Å²) in [6.07, 6.45) is 2.16. The Bertz CT molecular complexity index is 1020. The van der Waals surface area contributed by atoms with Gasteiger partial charge in [0, 0.05) is 48.9 Å². The molecule has 4 rings (SSSR count). The lowest BCUT2D eigenvalue weighted by atomic mass is 10.1. The van der Waals surface area contributed by atoms with Crippen molar-refractivity contribution in [3.05, 3.63) is 54.7 Å². The number of fused-ring (bicyclic) bond motifs is 1. The number of carbonyl (C=O) groups excluding carboxylic acids is 2. The molecule has 1 atom stereocenters. The van der Waals surface area contributed by atoms with Gasteiger partial charge >= 0.3 is 0 Å². The average molecular weight is 363 g/mol. The van der Waals surface area contributed by atoms with Gasteiger partial charge in [-0.25, -0.2) is 0 Å². The van der Waals surface area contributed by atoms with Crippen LogP contribution in [0.4, 0.5) is 11.4 Å². The molecule has 0 saturated carbocycles. The molecule has 1 saturated heterocycles. The number of aromatic nitrogens is 1. The first-order chi connectivity index (χ1) is 13.1. The quantitative estimate of drug-likeness (QED) is 0.774. The molecule has 1 fully saturated rings. The van der Waals surface area contributed by atoms with Crippen LogP contribution in [0.25, 0.3) is 10.9 Å². The number of carbonyl (C=O) groups is 2. The van der Waals surface area contributed by atoms with E-state index in [-0.39, 0.29) is 24.2 Å². The maximum Gasteiger partial charge on any atom is 0.229 e. The van der Waals surface area contributed by atoms with Crippen molar-refractivity contribution in [2.75, 3.05) is 23.9 Å². The Balaban J connectivity index is 1.52. The first-order valence-electron chi connectivity index (χ1n) is 8.86. The Kier molecular flexibility index (Phi) is 4.32. The second-order valence-electron chi connectivity index (χ2n) is 6.76. The Labute approximate surface area is 157 Å². The van der Waals surface area contributed by atoms with E-state index in [4.69, 9.17) is 4.74 Å². The summed E-state index contributed by atoms with van der Waals surface area (Å²) in [7, 11) is 3.56. The van der Waals surface area contributed by atoms with Crippen LogP contribution in [0.15, 0.2) is 54.7 Å². The van der Waals surface area contributed by atoms with Gasteiger partial charge in [-0.3, -0.25) is 9.59 Å². The Morgan fingerprint density at radius 1 is 1.19 bits per heavy atom. The predicted octanol–water partition coefficient (Wildman–Crippen LogP) is 3.18. The lowest BCUT2D eigenvalue weighted by Gasteiger charge is -2.17. The van der Waals surface area contributed by atoms with Crippen LogP contribution in [-0.4, -0.2) is 30.0 Å². The van der Waals surface area contributed by atoms with E-state index in [2.05, 4.69) is 5.32 Å². The van der Waals surface area contributed by atoms with Gasteiger partial charge in [0.25, 0.3) is 0 Å². The van der Waals surface area contributed by atoms with Crippen LogP contribution in [0.3, 0.4) is 0 Å². The molecule has 6 nitrogen and oxygen atoms in total. The smallest absolute Gasteiger partial charge is 0.229 e. The highest BCUT2D eigenvalue weighted by atomic mass is 16.5. The molecule has 0 radical (unpaired) electrons. The number of aryl methyl sites for hydroxylation is 1. The van der Waals surface area contributed by atoms with Gasteiger partial charge in [-0.05, 0) is 30.3 Å². The summed E-state index contributed by atoms with van der Waals surface area (Å²) >= 11 is 0. The van der Waals surface area contributed by atoms with Crippen molar-refractivity contribution in [2.45, 2.75) is 6.42 Å². The molecule has 1 unspecified atom stereocenters. The molecular weight excluding hydrogens is 342 g/mol. The van der Waals surface area contributed by atoms with Gasteiger partial charge < -0.3 is 19.5 Å². The van der Waals surface area contributed by atoms with Crippen LogP contribution in [0.5, 0.6) is 5.75 Å². The molecule has 1 aliphatic rings. The Hall–Kier alpha value is -3.28. The zero-order chi connectivity index (χ0) is 19.0. The fourth-order valence-corrected chi connectivity index (χ4v) is 3.56. The molecule has 0 spiro atoms. The first kappa shape index (κ1) is 17.1. The largest absolute Gasteiger partial charge is 0.497 e. The van der Waals surface area contributed by atoms with Crippen LogP contribution >= 0.6 is 0 Å². The van der Waals surface area contributed by atoms with Gasteiger partial charge in [0.2, 0.25) is 11.8 Å². The minimum atomic E-state index is -0.386. The minimum absolute atomic E-state index is 0.0543.